The van der Waals surface area contributed by atoms with Crippen molar-refractivity contribution in [3.8, 4) is 5.75 Å². The normalized spacial score (nSPS) is 25.5. The van der Waals surface area contributed by atoms with Crippen LogP contribution in [-0.4, -0.2) is 53.5 Å². The van der Waals surface area contributed by atoms with E-state index < -0.39 is 17.5 Å². The van der Waals surface area contributed by atoms with Gasteiger partial charge in [-0.15, -0.1) is 0 Å². The molecule has 0 aliphatic carbocycles. The van der Waals surface area contributed by atoms with Crippen LogP contribution < -0.4 is 9.64 Å². The van der Waals surface area contributed by atoms with Gasteiger partial charge in [0.2, 0.25) is 5.91 Å². The van der Waals surface area contributed by atoms with Gasteiger partial charge < -0.3 is 19.6 Å². The fraction of sp³-hybridized carbons (Fsp3) is 0.500. The van der Waals surface area contributed by atoms with E-state index in [9.17, 15) is 19.5 Å². The Morgan fingerprint density at radius 2 is 2.08 bits per heavy atom. The average molecular weight is 346 g/mol. The molecule has 1 N–H and O–H groups in total. The Morgan fingerprint density at radius 1 is 1.36 bits per heavy atom. The Labute approximate surface area is 146 Å². The van der Waals surface area contributed by atoms with Crippen molar-refractivity contribution in [2.75, 3.05) is 24.5 Å². The molecule has 134 valence electrons. The second-order valence-electron chi connectivity index (χ2n) is 6.90. The van der Waals surface area contributed by atoms with Gasteiger partial charge in [-0.05, 0) is 32.4 Å². The molecule has 0 saturated carbocycles. The lowest BCUT2D eigenvalue weighted by atomic mass is 9.90. The molecule has 1 fully saturated rings. The highest BCUT2D eigenvalue weighted by Gasteiger charge is 2.42. The van der Waals surface area contributed by atoms with Gasteiger partial charge in [0.05, 0.1) is 11.1 Å². The van der Waals surface area contributed by atoms with Crippen LogP contribution in [0.15, 0.2) is 24.3 Å². The fourth-order valence-corrected chi connectivity index (χ4v) is 3.30. The molecule has 2 heterocycles. The SMILES string of the molecule is CC1Oc2ccccc2N(CCC(=O)N2CCC(C)(C(=O)O)C2)C1=O. The summed E-state index contributed by atoms with van der Waals surface area (Å²) in [6, 6.07) is 7.24. The number of aliphatic carboxylic acids is 1. The number of carbonyl (C=O) groups excluding carboxylic acids is 2. The van der Waals surface area contributed by atoms with Crippen molar-refractivity contribution in [3.05, 3.63) is 24.3 Å². The Balaban J connectivity index is 1.66. The summed E-state index contributed by atoms with van der Waals surface area (Å²) in [5, 5.41) is 9.27. The Kier molecular flexibility index (Phi) is 4.41. The number of carboxylic acids is 1. The van der Waals surface area contributed by atoms with Gasteiger partial charge in [-0.25, -0.2) is 0 Å². The van der Waals surface area contributed by atoms with Crippen molar-refractivity contribution in [1.82, 2.24) is 4.90 Å². The van der Waals surface area contributed by atoms with Gasteiger partial charge >= 0.3 is 5.97 Å². The predicted octanol–water partition coefficient (Wildman–Crippen LogP) is 1.51. The van der Waals surface area contributed by atoms with Crippen LogP contribution in [0.5, 0.6) is 5.75 Å². The molecule has 0 radical (unpaired) electrons. The maximum atomic E-state index is 12.5. The molecule has 0 aromatic heterocycles. The van der Waals surface area contributed by atoms with E-state index in [1.807, 2.05) is 12.1 Å². The fourth-order valence-electron chi connectivity index (χ4n) is 3.30. The van der Waals surface area contributed by atoms with Gasteiger partial charge in [-0.1, -0.05) is 12.1 Å². The molecule has 3 rings (SSSR count). The van der Waals surface area contributed by atoms with E-state index in [-0.39, 0.29) is 31.3 Å². The van der Waals surface area contributed by atoms with Gasteiger partial charge in [-0.3, -0.25) is 14.4 Å². The number of anilines is 1. The third-order valence-corrected chi connectivity index (χ3v) is 4.97. The molecule has 0 bridgehead atoms. The number of hydrogen-bond donors (Lipinski definition) is 1. The molecule has 7 nitrogen and oxygen atoms in total. The molecule has 2 amide bonds. The number of amides is 2. The van der Waals surface area contributed by atoms with Crippen molar-refractivity contribution in [2.45, 2.75) is 32.8 Å². The number of ether oxygens (including phenoxy) is 1. The molecule has 25 heavy (non-hydrogen) atoms. The Hall–Kier alpha value is -2.57. The maximum Gasteiger partial charge on any atom is 0.311 e. The number of benzene rings is 1. The molecule has 2 aliphatic rings. The number of likely N-dealkylation sites (tertiary alicyclic amines) is 1. The van der Waals surface area contributed by atoms with E-state index in [0.717, 1.165) is 0 Å². The molecule has 2 aliphatic heterocycles. The molecule has 2 unspecified atom stereocenters. The summed E-state index contributed by atoms with van der Waals surface area (Å²) < 4.78 is 5.58. The first-order valence-electron chi connectivity index (χ1n) is 8.40. The number of carbonyl (C=O) groups is 3. The van der Waals surface area contributed by atoms with Crippen molar-refractivity contribution in [2.24, 2.45) is 5.41 Å². The first-order chi connectivity index (χ1) is 11.8. The van der Waals surface area contributed by atoms with Gasteiger partial charge in [0.1, 0.15) is 5.75 Å². The molecule has 1 saturated heterocycles. The van der Waals surface area contributed by atoms with Gasteiger partial charge in [0.15, 0.2) is 6.10 Å². The molecule has 2 atom stereocenters. The summed E-state index contributed by atoms with van der Waals surface area (Å²) in [5.41, 5.74) is -0.221. The zero-order valence-electron chi connectivity index (χ0n) is 14.4. The number of para-hydroxylation sites is 2. The minimum absolute atomic E-state index is 0.130. The largest absolute Gasteiger partial charge is 0.481 e. The van der Waals surface area contributed by atoms with Crippen LogP contribution in [0.1, 0.15) is 26.7 Å². The number of fused-ring (bicyclic) bond motifs is 1. The van der Waals surface area contributed by atoms with Gasteiger partial charge in [0.25, 0.3) is 5.91 Å². The van der Waals surface area contributed by atoms with Crippen LogP contribution in [0.25, 0.3) is 0 Å². The lowest BCUT2D eigenvalue weighted by Crippen LogP contribution is -2.46. The highest BCUT2D eigenvalue weighted by atomic mass is 16.5. The smallest absolute Gasteiger partial charge is 0.311 e. The zero-order chi connectivity index (χ0) is 18.2. The number of carboxylic acid groups (broad SMARTS) is 1. The van der Waals surface area contributed by atoms with Crippen LogP contribution in [-0.2, 0) is 14.4 Å². The van der Waals surface area contributed by atoms with Crippen molar-refractivity contribution < 1.29 is 24.2 Å². The predicted molar refractivity (Wildman–Crippen MR) is 90.4 cm³/mol. The van der Waals surface area contributed by atoms with E-state index in [1.54, 1.807) is 35.8 Å². The third-order valence-electron chi connectivity index (χ3n) is 4.97. The Bertz CT molecular complexity index is 719. The standard InChI is InChI=1S/C18H22N2O5/c1-12-16(22)20(13-5-3-4-6-14(13)25-12)9-7-15(21)19-10-8-18(2,11-19)17(23)24/h3-6,12H,7-11H2,1-2H3,(H,23,24). The zero-order valence-corrected chi connectivity index (χ0v) is 14.4. The van der Waals surface area contributed by atoms with Crippen molar-refractivity contribution in [1.29, 1.82) is 0 Å². The van der Waals surface area contributed by atoms with E-state index in [0.29, 0.717) is 24.4 Å². The summed E-state index contributed by atoms with van der Waals surface area (Å²) in [7, 11) is 0. The van der Waals surface area contributed by atoms with Crippen molar-refractivity contribution in [3.63, 3.8) is 0 Å². The first kappa shape index (κ1) is 17.3. The summed E-state index contributed by atoms with van der Waals surface area (Å²) >= 11 is 0. The van der Waals surface area contributed by atoms with Crippen molar-refractivity contribution >= 4 is 23.5 Å². The van der Waals surface area contributed by atoms with Crippen LogP contribution in [0, 0.1) is 5.41 Å². The van der Waals surface area contributed by atoms with Crippen LogP contribution in [0.3, 0.4) is 0 Å². The molecule has 7 heteroatoms. The van der Waals surface area contributed by atoms with E-state index in [1.165, 1.54) is 0 Å². The number of rotatable bonds is 4. The molecular formula is C18H22N2O5. The Morgan fingerprint density at radius 3 is 2.76 bits per heavy atom. The highest BCUT2D eigenvalue weighted by Crippen LogP contribution is 2.34. The maximum absolute atomic E-state index is 12.5. The number of hydrogen-bond acceptors (Lipinski definition) is 4. The van der Waals surface area contributed by atoms with Crippen LogP contribution in [0.4, 0.5) is 5.69 Å². The van der Waals surface area contributed by atoms with Crippen LogP contribution >= 0.6 is 0 Å². The second kappa shape index (κ2) is 6.38. The average Bonchev–Trinajstić information content (AvgIpc) is 2.99. The highest BCUT2D eigenvalue weighted by molar-refractivity contribution is 6.00. The third kappa shape index (κ3) is 3.18. The molecule has 1 aromatic rings. The quantitative estimate of drug-likeness (QED) is 0.893. The van der Waals surface area contributed by atoms with E-state index in [2.05, 4.69) is 0 Å². The van der Waals surface area contributed by atoms with Gasteiger partial charge in [-0.2, -0.15) is 0 Å². The summed E-state index contributed by atoms with van der Waals surface area (Å²) in [6.45, 7) is 4.25. The molecule has 1 aromatic carbocycles. The minimum atomic E-state index is -0.883. The lowest BCUT2D eigenvalue weighted by molar-refractivity contribution is -0.147. The van der Waals surface area contributed by atoms with Crippen LogP contribution in [0.2, 0.25) is 0 Å². The topological polar surface area (TPSA) is 87.2 Å². The first-order valence-corrected chi connectivity index (χ1v) is 8.40. The summed E-state index contributed by atoms with van der Waals surface area (Å²) in [5.74, 6) is -0.562. The molecular weight excluding hydrogens is 324 g/mol. The minimum Gasteiger partial charge on any atom is -0.481 e. The van der Waals surface area contributed by atoms with E-state index in [4.69, 9.17) is 4.74 Å². The summed E-state index contributed by atoms with van der Waals surface area (Å²) in [4.78, 5) is 39.3. The number of nitrogens with zero attached hydrogens (tertiary/aromatic N) is 2. The monoisotopic (exact) mass is 346 g/mol. The second-order valence-corrected chi connectivity index (χ2v) is 6.90. The lowest BCUT2D eigenvalue weighted by Gasteiger charge is -2.33. The molecule has 0 spiro atoms. The van der Waals surface area contributed by atoms with E-state index >= 15 is 0 Å². The van der Waals surface area contributed by atoms with Gasteiger partial charge in [0, 0.05) is 26.1 Å². The summed E-state index contributed by atoms with van der Waals surface area (Å²) in [6.07, 6.45) is 0.0134.